The molecular formula is C25H52N2. The molecule has 27 heavy (non-hydrogen) atoms. The molecule has 0 saturated carbocycles. The third kappa shape index (κ3) is 10.1. The van der Waals surface area contributed by atoms with Gasteiger partial charge in [0.15, 0.2) is 0 Å². The van der Waals surface area contributed by atoms with Gasteiger partial charge < -0.3 is 5.73 Å². The molecule has 1 unspecified atom stereocenters. The van der Waals surface area contributed by atoms with Gasteiger partial charge in [0.05, 0.1) is 5.66 Å². The molecule has 0 saturated heterocycles. The molecule has 0 radical (unpaired) electrons. The SMILES string of the molecule is C=CCC(C)(C)C(C)(C)C(C)(N)NCCCCCCCCCCCCCC. The maximum absolute atomic E-state index is 6.70. The van der Waals surface area contributed by atoms with E-state index in [1.165, 1.54) is 77.0 Å². The van der Waals surface area contributed by atoms with Crippen LogP contribution in [0.1, 0.15) is 125 Å². The van der Waals surface area contributed by atoms with Gasteiger partial charge in [-0.3, -0.25) is 5.32 Å². The van der Waals surface area contributed by atoms with E-state index in [0.717, 1.165) is 13.0 Å². The highest BCUT2D eigenvalue weighted by Gasteiger charge is 2.47. The van der Waals surface area contributed by atoms with Gasteiger partial charge in [-0.2, -0.15) is 0 Å². The molecular weight excluding hydrogens is 328 g/mol. The Morgan fingerprint density at radius 2 is 1.15 bits per heavy atom. The summed E-state index contributed by atoms with van der Waals surface area (Å²) in [5.74, 6) is 0. The van der Waals surface area contributed by atoms with Crippen LogP contribution in [0.2, 0.25) is 0 Å². The van der Waals surface area contributed by atoms with Crippen molar-refractivity contribution in [3.8, 4) is 0 Å². The summed E-state index contributed by atoms with van der Waals surface area (Å²) in [6.45, 7) is 18.5. The lowest BCUT2D eigenvalue weighted by Crippen LogP contribution is -2.65. The van der Waals surface area contributed by atoms with Gasteiger partial charge in [0.25, 0.3) is 0 Å². The molecule has 0 aliphatic rings. The van der Waals surface area contributed by atoms with E-state index in [-0.39, 0.29) is 16.5 Å². The van der Waals surface area contributed by atoms with E-state index in [4.69, 9.17) is 5.73 Å². The van der Waals surface area contributed by atoms with Crippen LogP contribution in [-0.4, -0.2) is 12.2 Å². The van der Waals surface area contributed by atoms with Crippen molar-refractivity contribution in [2.75, 3.05) is 6.54 Å². The van der Waals surface area contributed by atoms with Crippen molar-refractivity contribution in [1.29, 1.82) is 0 Å². The zero-order chi connectivity index (χ0) is 20.8. The Labute approximate surface area is 172 Å². The molecule has 0 fully saturated rings. The van der Waals surface area contributed by atoms with E-state index in [9.17, 15) is 0 Å². The molecule has 2 nitrogen and oxygen atoms in total. The quantitative estimate of drug-likeness (QED) is 0.146. The molecule has 162 valence electrons. The highest BCUT2D eigenvalue weighted by Crippen LogP contribution is 2.46. The molecule has 2 heteroatoms. The molecule has 0 spiro atoms. The Morgan fingerprint density at radius 3 is 1.56 bits per heavy atom. The number of hydrogen-bond donors (Lipinski definition) is 2. The summed E-state index contributed by atoms with van der Waals surface area (Å²) in [4.78, 5) is 0. The number of nitrogens with one attached hydrogen (secondary N) is 1. The second-order valence-electron chi connectivity index (χ2n) is 10.0. The monoisotopic (exact) mass is 380 g/mol. The average molecular weight is 381 g/mol. The highest BCUT2D eigenvalue weighted by molar-refractivity contribution is 5.02. The standard InChI is InChI=1S/C25H52N2/c1-8-10-11-12-13-14-15-16-17-18-19-20-22-27-25(7,26)24(5,6)23(3,4)21-9-2/h9,27H,2,8,10-22,26H2,1,3-7H3. The predicted octanol–water partition coefficient (Wildman–Crippen LogP) is 7.58. The molecule has 0 aliphatic heterocycles. The fourth-order valence-corrected chi connectivity index (χ4v) is 3.85. The van der Waals surface area contributed by atoms with Crippen LogP contribution in [0.4, 0.5) is 0 Å². The van der Waals surface area contributed by atoms with Crippen LogP contribution in [0.3, 0.4) is 0 Å². The molecule has 0 rings (SSSR count). The van der Waals surface area contributed by atoms with Gasteiger partial charge in [-0.15, -0.1) is 6.58 Å². The van der Waals surface area contributed by atoms with Gasteiger partial charge in [0, 0.05) is 5.41 Å². The molecule has 0 bridgehead atoms. The van der Waals surface area contributed by atoms with Crippen LogP contribution in [-0.2, 0) is 0 Å². The summed E-state index contributed by atoms with van der Waals surface area (Å²) in [7, 11) is 0. The van der Waals surface area contributed by atoms with Crippen molar-refractivity contribution in [1.82, 2.24) is 5.32 Å². The number of rotatable bonds is 18. The number of nitrogens with two attached hydrogens (primary N) is 1. The first-order valence-electron chi connectivity index (χ1n) is 11.8. The van der Waals surface area contributed by atoms with Crippen LogP contribution < -0.4 is 11.1 Å². The van der Waals surface area contributed by atoms with Crippen molar-refractivity contribution in [3.05, 3.63) is 12.7 Å². The summed E-state index contributed by atoms with van der Waals surface area (Å²) < 4.78 is 0. The maximum atomic E-state index is 6.70. The fourth-order valence-electron chi connectivity index (χ4n) is 3.85. The lowest BCUT2D eigenvalue weighted by Gasteiger charge is -2.52. The average Bonchev–Trinajstić information content (AvgIpc) is 2.58. The Kier molecular flexibility index (Phi) is 13.6. The minimum Gasteiger partial charge on any atom is -0.313 e. The van der Waals surface area contributed by atoms with Crippen molar-refractivity contribution in [2.24, 2.45) is 16.6 Å². The summed E-state index contributed by atoms with van der Waals surface area (Å²) in [6, 6.07) is 0. The molecule has 0 heterocycles. The molecule has 1 atom stereocenters. The molecule has 3 N–H and O–H groups in total. The zero-order valence-corrected chi connectivity index (χ0v) is 19.8. The second kappa shape index (κ2) is 13.8. The first-order valence-corrected chi connectivity index (χ1v) is 11.8. The van der Waals surface area contributed by atoms with E-state index in [0.29, 0.717) is 0 Å². The van der Waals surface area contributed by atoms with E-state index in [1.807, 2.05) is 6.08 Å². The van der Waals surface area contributed by atoms with Gasteiger partial charge in [-0.1, -0.05) is 111 Å². The van der Waals surface area contributed by atoms with E-state index in [1.54, 1.807) is 0 Å². The van der Waals surface area contributed by atoms with Crippen LogP contribution in [0.25, 0.3) is 0 Å². The molecule has 0 aromatic heterocycles. The van der Waals surface area contributed by atoms with Gasteiger partial charge in [-0.25, -0.2) is 0 Å². The van der Waals surface area contributed by atoms with E-state index < -0.39 is 0 Å². The number of hydrogen-bond acceptors (Lipinski definition) is 2. The van der Waals surface area contributed by atoms with Crippen LogP contribution in [0, 0.1) is 10.8 Å². The van der Waals surface area contributed by atoms with Gasteiger partial charge in [-0.05, 0) is 31.7 Å². The number of unbranched alkanes of at least 4 members (excludes halogenated alkanes) is 11. The Bertz CT molecular complexity index is 369. The summed E-state index contributed by atoms with van der Waals surface area (Å²) >= 11 is 0. The van der Waals surface area contributed by atoms with Gasteiger partial charge in [0.2, 0.25) is 0 Å². The topological polar surface area (TPSA) is 38.0 Å². The van der Waals surface area contributed by atoms with Crippen molar-refractivity contribution in [2.45, 2.75) is 131 Å². The van der Waals surface area contributed by atoms with E-state index in [2.05, 4.69) is 53.4 Å². The maximum Gasteiger partial charge on any atom is 0.0690 e. The molecule has 0 aromatic carbocycles. The third-order valence-electron chi connectivity index (χ3n) is 7.17. The van der Waals surface area contributed by atoms with Crippen molar-refractivity contribution in [3.63, 3.8) is 0 Å². The predicted molar refractivity (Wildman–Crippen MR) is 124 cm³/mol. The first kappa shape index (κ1) is 26.7. The van der Waals surface area contributed by atoms with Gasteiger partial charge >= 0.3 is 0 Å². The van der Waals surface area contributed by atoms with Crippen molar-refractivity contribution >= 4 is 0 Å². The third-order valence-corrected chi connectivity index (χ3v) is 7.17. The fraction of sp³-hybridized carbons (Fsp3) is 0.920. The van der Waals surface area contributed by atoms with E-state index >= 15 is 0 Å². The van der Waals surface area contributed by atoms with Crippen molar-refractivity contribution < 1.29 is 0 Å². The summed E-state index contributed by atoms with van der Waals surface area (Å²) in [5, 5.41) is 3.64. The smallest absolute Gasteiger partial charge is 0.0690 e. The number of allylic oxidation sites excluding steroid dienone is 1. The second-order valence-corrected chi connectivity index (χ2v) is 10.0. The first-order chi connectivity index (χ1) is 12.6. The lowest BCUT2D eigenvalue weighted by atomic mass is 9.60. The minimum absolute atomic E-state index is 0.0225. The zero-order valence-electron chi connectivity index (χ0n) is 19.8. The molecule has 0 aromatic rings. The Hall–Kier alpha value is -0.340. The normalized spacial score (nSPS) is 14.9. The van der Waals surface area contributed by atoms with Crippen LogP contribution in [0.5, 0.6) is 0 Å². The minimum atomic E-state index is -0.378. The van der Waals surface area contributed by atoms with Gasteiger partial charge in [0.1, 0.15) is 0 Å². The molecule has 0 aliphatic carbocycles. The summed E-state index contributed by atoms with van der Waals surface area (Å²) in [6.07, 6.45) is 19.7. The van der Waals surface area contributed by atoms with Crippen LogP contribution >= 0.6 is 0 Å². The highest BCUT2D eigenvalue weighted by atomic mass is 15.1. The largest absolute Gasteiger partial charge is 0.313 e. The lowest BCUT2D eigenvalue weighted by molar-refractivity contribution is 0.00854. The Balaban J connectivity index is 3.81. The Morgan fingerprint density at radius 1 is 0.741 bits per heavy atom. The molecule has 0 amide bonds. The summed E-state index contributed by atoms with van der Waals surface area (Å²) in [5.41, 5.74) is 6.42. The van der Waals surface area contributed by atoms with Crippen LogP contribution in [0.15, 0.2) is 12.7 Å².